The SMILES string of the molecule is Cc1ccc(-n2nnc3c(SCC(=O)NCCc4ccccc4)ncnc32)cc1. The highest BCUT2D eigenvalue weighted by molar-refractivity contribution is 8.00. The van der Waals surface area contributed by atoms with Gasteiger partial charge in [-0.2, -0.15) is 4.68 Å². The zero-order valence-corrected chi connectivity index (χ0v) is 16.8. The largest absolute Gasteiger partial charge is 0.355 e. The summed E-state index contributed by atoms with van der Waals surface area (Å²) in [6, 6.07) is 18.0. The number of benzene rings is 2. The van der Waals surface area contributed by atoms with Gasteiger partial charge in [-0.1, -0.05) is 65.0 Å². The summed E-state index contributed by atoms with van der Waals surface area (Å²) in [5, 5.41) is 12.0. The van der Waals surface area contributed by atoms with Crippen LogP contribution in [0.15, 0.2) is 66.0 Å². The van der Waals surface area contributed by atoms with E-state index in [9.17, 15) is 4.79 Å². The van der Waals surface area contributed by atoms with Gasteiger partial charge in [0.15, 0.2) is 11.2 Å². The van der Waals surface area contributed by atoms with Crippen LogP contribution in [0.3, 0.4) is 0 Å². The van der Waals surface area contributed by atoms with Gasteiger partial charge in [-0.3, -0.25) is 4.79 Å². The quantitative estimate of drug-likeness (QED) is 0.376. The maximum Gasteiger partial charge on any atom is 0.230 e. The van der Waals surface area contributed by atoms with Crippen LogP contribution < -0.4 is 5.32 Å². The van der Waals surface area contributed by atoms with Crippen LogP contribution in [0.5, 0.6) is 0 Å². The molecule has 2 aromatic heterocycles. The first kappa shape index (κ1) is 19.1. The fourth-order valence-corrected chi connectivity index (χ4v) is 3.63. The molecule has 7 nitrogen and oxygen atoms in total. The molecule has 0 fully saturated rings. The zero-order valence-electron chi connectivity index (χ0n) is 15.9. The molecule has 0 radical (unpaired) electrons. The van der Waals surface area contributed by atoms with Crippen molar-refractivity contribution in [3.05, 3.63) is 72.1 Å². The first-order chi connectivity index (χ1) is 14.2. The molecule has 0 saturated carbocycles. The van der Waals surface area contributed by atoms with Gasteiger partial charge in [-0.15, -0.1) is 5.10 Å². The lowest BCUT2D eigenvalue weighted by Crippen LogP contribution is -2.27. The monoisotopic (exact) mass is 404 g/mol. The summed E-state index contributed by atoms with van der Waals surface area (Å²) in [5.74, 6) is 0.224. The van der Waals surface area contributed by atoms with E-state index in [2.05, 4.69) is 37.7 Å². The Bertz CT molecular complexity index is 1110. The Hall–Kier alpha value is -3.26. The highest BCUT2D eigenvalue weighted by Crippen LogP contribution is 2.23. The molecule has 0 aliphatic rings. The Labute approximate surface area is 172 Å². The van der Waals surface area contributed by atoms with Crippen LogP contribution in [0, 0.1) is 6.92 Å². The summed E-state index contributed by atoms with van der Waals surface area (Å²) < 4.78 is 1.68. The lowest BCUT2D eigenvalue weighted by atomic mass is 10.1. The van der Waals surface area contributed by atoms with Crippen molar-refractivity contribution in [3.8, 4) is 5.69 Å². The van der Waals surface area contributed by atoms with Crippen molar-refractivity contribution in [1.29, 1.82) is 0 Å². The summed E-state index contributed by atoms with van der Waals surface area (Å²) in [7, 11) is 0. The summed E-state index contributed by atoms with van der Waals surface area (Å²) >= 11 is 1.34. The van der Waals surface area contributed by atoms with Gasteiger partial charge in [0.1, 0.15) is 11.4 Å². The molecule has 0 aliphatic heterocycles. The van der Waals surface area contributed by atoms with Crippen molar-refractivity contribution in [2.45, 2.75) is 18.4 Å². The molecule has 146 valence electrons. The molecule has 0 saturated heterocycles. The summed E-state index contributed by atoms with van der Waals surface area (Å²) in [5.41, 5.74) is 4.46. The molecule has 1 amide bonds. The third kappa shape index (κ3) is 4.60. The number of aryl methyl sites for hydroxylation is 1. The number of nitrogens with one attached hydrogen (secondary N) is 1. The van der Waals surface area contributed by atoms with E-state index in [-0.39, 0.29) is 11.7 Å². The van der Waals surface area contributed by atoms with Crippen LogP contribution in [0.1, 0.15) is 11.1 Å². The van der Waals surface area contributed by atoms with Crippen LogP contribution in [-0.2, 0) is 11.2 Å². The molecule has 0 aliphatic carbocycles. The van der Waals surface area contributed by atoms with Crippen LogP contribution in [0.25, 0.3) is 16.9 Å². The van der Waals surface area contributed by atoms with Crippen LogP contribution in [0.2, 0.25) is 0 Å². The number of nitrogens with zero attached hydrogens (tertiary/aromatic N) is 5. The molecule has 2 heterocycles. The number of hydrogen-bond donors (Lipinski definition) is 1. The van der Waals surface area contributed by atoms with Gasteiger partial charge in [0.05, 0.1) is 11.4 Å². The molecular formula is C21H20N6OS. The highest BCUT2D eigenvalue weighted by atomic mass is 32.2. The van der Waals surface area contributed by atoms with Gasteiger partial charge in [-0.25, -0.2) is 9.97 Å². The maximum atomic E-state index is 12.2. The maximum absolute atomic E-state index is 12.2. The topological polar surface area (TPSA) is 85.6 Å². The zero-order chi connectivity index (χ0) is 20.1. The standard InChI is InChI=1S/C21H20N6OS/c1-15-7-9-17(10-8-15)27-20-19(25-26-27)21(24-14-23-20)29-13-18(28)22-12-11-16-5-3-2-4-6-16/h2-10,14H,11-13H2,1H3,(H,22,28). The number of rotatable bonds is 7. The van der Waals surface area contributed by atoms with Gasteiger partial charge < -0.3 is 5.32 Å². The Kier molecular flexibility index (Phi) is 5.81. The van der Waals surface area contributed by atoms with Crippen molar-refractivity contribution in [2.75, 3.05) is 12.3 Å². The average molecular weight is 404 g/mol. The van der Waals surface area contributed by atoms with Gasteiger partial charge >= 0.3 is 0 Å². The fraction of sp³-hybridized carbons (Fsp3) is 0.190. The average Bonchev–Trinajstić information content (AvgIpc) is 3.18. The van der Waals surface area contributed by atoms with Gasteiger partial charge in [0.25, 0.3) is 0 Å². The lowest BCUT2D eigenvalue weighted by Gasteiger charge is -2.05. The normalized spacial score (nSPS) is 10.9. The van der Waals surface area contributed by atoms with Crippen LogP contribution in [-0.4, -0.2) is 43.2 Å². The molecule has 29 heavy (non-hydrogen) atoms. The second kappa shape index (κ2) is 8.83. The van der Waals surface area contributed by atoms with Crippen molar-refractivity contribution in [2.24, 2.45) is 0 Å². The Morgan fingerprint density at radius 2 is 1.86 bits per heavy atom. The molecule has 8 heteroatoms. The summed E-state index contributed by atoms with van der Waals surface area (Å²) in [4.78, 5) is 20.8. The first-order valence-corrected chi connectivity index (χ1v) is 10.3. The minimum atomic E-state index is -0.0383. The number of amides is 1. The Morgan fingerprint density at radius 1 is 1.07 bits per heavy atom. The number of fused-ring (bicyclic) bond motifs is 1. The number of thioether (sulfide) groups is 1. The molecule has 0 spiro atoms. The van der Waals surface area contributed by atoms with E-state index in [1.54, 1.807) is 4.68 Å². The van der Waals surface area contributed by atoms with E-state index in [1.165, 1.54) is 29.2 Å². The van der Waals surface area contributed by atoms with E-state index in [0.717, 1.165) is 12.1 Å². The van der Waals surface area contributed by atoms with Crippen molar-refractivity contribution in [1.82, 2.24) is 30.3 Å². The fourth-order valence-electron chi connectivity index (χ4n) is 2.87. The van der Waals surface area contributed by atoms with Gasteiger partial charge in [-0.05, 0) is 31.0 Å². The third-order valence-corrected chi connectivity index (χ3v) is 5.38. The highest BCUT2D eigenvalue weighted by Gasteiger charge is 2.14. The summed E-state index contributed by atoms with van der Waals surface area (Å²) in [6.45, 7) is 2.64. The molecule has 1 N–H and O–H groups in total. The molecule has 2 aromatic carbocycles. The van der Waals surface area contributed by atoms with Crippen molar-refractivity contribution >= 4 is 28.8 Å². The number of aromatic nitrogens is 5. The van der Waals surface area contributed by atoms with Crippen molar-refractivity contribution < 1.29 is 4.79 Å². The first-order valence-electron chi connectivity index (χ1n) is 9.27. The molecule has 0 atom stereocenters. The van der Waals surface area contributed by atoms with Gasteiger partial charge in [0.2, 0.25) is 5.91 Å². The predicted molar refractivity (Wildman–Crippen MR) is 113 cm³/mol. The number of hydrogen-bond acceptors (Lipinski definition) is 6. The minimum absolute atomic E-state index is 0.0383. The number of carbonyl (C=O) groups excluding carboxylic acids is 1. The molecule has 0 unspecified atom stereocenters. The minimum Gasteiger partial charge on any atom is -0.355 e. The molecule has 4 aromatic rings. The van der Waals surface area contributed by atoms with E-state index in [0.29, 0.717) is 22.7 Å². The van der Waals surface area contributed by atoms with E-state index < -0.39 is 0 Å². The van der Waals surface area contributed by atoms with E-state index >= 15 is 0 Å². The smallest absolute Gasteiger partial charge is 0.230 e. The molecule has 4 rings (SSSR count). The van der Waals surface area contributed by atoms with Crippen LogP contribution >= 0.6 is 11.8 Å². The molecule has 0 bridgehead atoms. The Morgan fingerprint density at radius 3 is 2.66 bits per heavy atom. The van der Waals surface area contributed by atoms with Crippen LogP contribution in [0.4, 0.5) is 0 Å². The third-order valence-electron chi connectivity index (χ3n) is 4.40. The lowest BCUT2D eigenvalue weighted by molar-refractivity contribution is -0.118. The second-order valence-electron chi connectivity index (χ2n) is 6.56. The van der Waals surface area contributed by atoms with Gasteiger partial charge in [0, 0.05) is 6.54 Å². The van der Waals surface area contributed by atoms with Crippen molar-refractivity contribution in [3.63, 3.8) is 0 Å². The summed E-state index contributed by atoms with van der Waals surface area (Å²) in [6.07, 6.45) is 2.28. The van der Waals surface area contributed by atoms with E-state index in [4.69, 9.17) is 0 Å². The number of carbonyl (C=O) groups is 1. The van der Waals surface area contributed by atoms with E-state index in [1.807, 2.05) is 49.4 Å². The Balaban J connectivity index is 1.39. The second-order valence-corrected chi connectivity index (χ2v) is 7.53. The predicted octanol–water partition coefficient (Wildman–Crippen LogP) is 2.97. The molecular weight excluding hydrogens is 384 g/mol.